The molecule has 0 aliphatic carbocycles. The Labute approximate surface area is 154 Å². The molecule has 1 N–H and O–H groups in total. The van der Waals surface area contributed by atoms with E-state index in [0.29, 0.717) is 13.0 Å². The molecule has 1 saturated heterocycles. The first-order valence-corrected chi connectivity index (χ1v) is 9.60. The van der Waals surface area contributed by atoms with E-state index in [9.17, 15) is 4.79 Å². The van der Waals surface area contributed by atoms with Crippen molar-refractivity contribution in [2.75, 3.05) is 13.1 Å². The summed E-state index contributed by atoms with van der Waals surface area (Å²) in [5.41, 5.74) is 4.47. The molecule has 1 unspecified atom stereocenters. The van der Waals surface area contributed by atoms with E-state index in [1.165, 1.54) is 18.4 Å². The van der Waals surface area contributed by atoms with Gasteiger partial charge in [-0.1, -0.05) is 36.2 Å². The van der Waals surface area contributed by atoms with E-state index in [0.717, 1.165) is 48.6 Å². The number of aryl methyl sites for hydroxylation is 1. The molecule has 1 fully saturated rings. The Kier molecular flexibility index (Phi) is 4.98. The van der Waals surface area contributed by atoms with Crippen LogP contribution in [0.3, 0.4) is 0 Å². The van der Waals surface area contributed by atoms with Gasteiger partial charge in [-0.3, -0.25) is 4.79 Å². The molecule has 1 atom stereocenters. The molecule has 26 heavy (non-hydrogen) atoms. The molecule has 0 bridgehead atoms. The van der Waals surface area contributed by atoms with Gasteiger partial charge in [0.15, 0.2) is 0 Å². The lowest BCUT2D eigenvalue weighted by Gasteiger charge is -2.29. The summed E-state index contributed by atoms with van der Waals surface area (Å²) in [6, 6.07) is 8.46. The predicted molar refractivity (Wildman–Crippen MR) is 101 cm³/mol. The van der Waals surface area contributed by atoms with Crippen LogP contribution in [0, 0.1) is 6.92 Å². The van der Waals surface area contributed by atoms with Gasteiger partial charge in [0.2, 0.25) is 5.91 Å². The predicted octanol–water partition coefficient (Wildman–Crippen LogP) is 2.73. The van der Waals surface area contributed by atoms with Crippen molar-refractivity contribution in [2.24, 2.45) is 0 Å². The number of aromatic nitrogens is 2. The Bertz CT molecular complexity index is 798. The van der Waals surface area contributed by atoms with Gasteiger partial charge >= 0.3 is 0 Å². The highest BCUT2D eigenvalue weighted by atomic mass is 16.2. The molecule has 3 heterocycles. The second-order valence-corrected chi connectivity index (χ2v) is 7.43. The first kappa shape index (κ1) is 17.2. The van der Waals surface area contributed by atoms with E-state index in [4.69, 9.17) is 4.98 Å². The van der Waals surface area contributed by atoms with Crippen LogP contribution in [0.5, 0.6) is 0 Å². The monoisotopic (exact) mass is 350 g/mol. The second-order valence-electron chi connectivity index (χ2n) is 7.43. The summed E-state index contributed by atoms with van der Waals surface area (Å²) >= 11 is 0. The summed E-state index contributed by atoms with van der Waals surface area (Å²) in [5, 5.41) is 3.51. The quantitative estimate of drug-likeness (QED) is 0.925. The van der Waals surface area contributed by atoms with Crippen molar-refractivity contribution in [3.63, 3.8) is 0 Å². The number of carbonyl (C=O) groups is 1. The molecule has 1 amide bonds. The molecule has 0 saturated carbocycles. The summed E-state index contributed by atoms with van der Waals surface area (Å²) in [6.45, 7) is 4.47. The Morgan fingerprint density at radius 2 is 2.27 bits per heavy atom. The number of nitrogens with one attached hydrogen (secondary N) is 1. The van der Waals surface area contributed by atoms with Gasteiger partial charge in [-0.2, -0.15) is 0 Å². The zero-order valence-corrected chi connectivity index (χ0v) is 15.4. The third-order valence-corrected chi connectivity index (χ3v) is 5.37. The van der Waals surface area contributed by atoms with E-state index in [2.05, 4.69) is 29.4 Å². The van der Waals surface area contributed by atoms with Crippen molar-refractivity contribution >= 4 is 5.91 Å². The minimum absolute atomic E-state index is 0.180. The zero-order valence-electron chi connectivity index (χ0n) is 15.4. The van der Waals surface area contributed by atoms with Gasteiger partial charge in [-0.25, -0.2) is 9.97 Å². The number of nitrogens with zero attached hydrogens (tertiary/aromatic N) is 3. The normalized spacial score (nSPS) is 19.9. The van der Waals surface area contributed by atoms with Crippen molar-refractivity contribution in [1.29, 1.82) is 0 Å². The van der Waals surface area contributed by atoms with Crippen LogP contribution in [0.4, 0.5) is 0 Å². The van der Waals surface area contributed by atoms with Crippen molar-refractivity contribution in [1.82, 2.24) is 20.2 Å². The highest BCUT2D eigenvalue weighted by Crippen LogP contribution is 2.23. The van der Waals surface area contributed by atoms with Gasteiger partial charge < -0.3 is 10.2 Å². The standard InChI is InChI=1S/C21H26N4O/c1-15-5-4-6-16(11-15)12-20(26)25-10-8-18-17(14-25)13-23-21(24-18)19-7-2-3-9-22-19/h4-6,11,13,19,22H,2-3,7-10,12,14H2,1H3. The summed E-state index contributed by atoms with van der Waals surface area (Å²) in [5.74, 6) is 1.10. The van der Waals surface area contributed by atoms with Crippen LogP contribution in [-0.2, 0) is 24.2 Å². The van der Waals surface area contributed by atoms with Crippen LogP contribution in [-0.4, -0.2) is 33.9 Å². The molecule has 1 aromatic carbocycles. The van der Waals surface area contributed by atoms with Crippen LogP contribution >= 0.6 is 0 Å². The van der Waals surface area contributed by atoms with E-state index in [1.807, 2.05) is 23.2 Å². The number of rotatable bonds is 3. The van der Waals surface area contributed by atoms with Crippen LogP contribution < -0.4 is 5.32 Å². The number of piperidine rings is 1. The van der Waals surface area contributed by atoms with Crippen molar-refractivity contribution < 1.29 is 4.79 Å². The largest absolute Gasteiger partial charge is 0.338 e. The number of fused-ring (bicyclic) bond motifs is 1. The third-order valence-electron chi connectivity index (χ3n) is 5.37. The maximum atomic E-state index is 12.7. The van der Waals surface area contributed by atoms with Gasteiger partial charge in [-0.05, 0) is 31.9 Å². The molecule has 0 spiro atoms. The fourth-order valence-electron chi connectivity index (χ4n) is 3.89. The molecule has 2 aliphatic heterocycles. The second kappa shape index (κ2) is 7.54. The van der Waals surface area contributed by atoms with E-state index in [1.54, 1.807) is 0 Å². The number of benzene rings is 1. The Morgan fingerprint density at radius 1 is 1.35 bits per heavy atom. The van der Waals surface area contributed by atoms with Crippen molar-refractivity contribution in [3.05, 3.63) is 58.7 Å². The molecule has 136 valence electrons. The van der Waals surface area contributed by atoms with E-state index in [-0.39, 0.29) is 11.9 Å². The molecular formula is C21H26N4O. The van der Waals surface area contributed by atoms with Gasteiger partial charge in [0.25, 0.3) is 0 Å². The van der Waals surface area contributed by atoms with Crippen LogP contribution in [0.15, 0.2) is 30.5 Å². The van der Waals surface area contributed by atoms with E-state index >= 15 is 0 Å². The molecule has 0 radical (unpaired) electrons. The fraction of sp³-hybridized carbons (Fsp3) is 0.476. The molecule has 5 heteroatoms. The third kappa shape index (κ3) is 3.78. The van der Waals surface area contributed by atoms with Gasteiger partial charge in [0.05, 0.1) is 18.2 Å². The lowest BCUT2D eigenvalue weighted by atomic mass is 10.0. The molecule has 5 nitrogen and oxygen atoms in total. The Balaban J connectivity index is 1.43. The first-order valence-electron chi connectivity index (χ1n) is 9.60. The number of hydrogen-bond acceptors (Lipinski definition) is 4. The van der Waals surface area contributed by atoms with E-state index < -0.39 is 0 Å². The minimum atomic E-state index is 0.180. The Morgan fingerprint density at radius 3 is 3.08 bits per heavy atom. The van der Waals surface area contributed by atoms with Gasteiger partial charge in [0, 0.05) is 31.3 Å². The highest BCUT2D eigenvalue weighted by molar-refractivity contribution is 5.79. The summed E-state index contributed by atoms with van der Waals surface area (Å²) in [6.07, 6.45) is 6.79. The first-order chi connectivity index (χ1) is 12.7. The average Bonchev–Trinajstić information content (AvgIpc) is 2.68. The van der Waals surface area contributed by atoms with Gasteiger partial charge in [-0.15, -0.1) is 0 Å². The van der Waals surface area contributed by atoms with Crippen molar-refractivity contribution in [2.45, 2.75) is 51.6 Å². The number of carbonyl (C=O) groups excluding carboxylic acids is 1. The fourth-order valence-corrected chi connectivity index (χ4v) is 3.89. The van der Waals surface area contributed by atoms with Crippen LogP contribution in [0.25, 0.3) is 0 Å². The topological polar surface area (TPSA) is 58.1 Å². The van der Waals surface area contributed by atoms with Crippen LogP contribution in [0.1, 0.15) is 53.5 Å². The minimum Gasteiger partial charge on any atom is -0.338 e. The molecule has 4 rings (SSSR count). The number of hydrogen-bond donors (Lipinski definition) is 1. The maximum absolute atomic E-state index is 12.7. The van der Waals surface area contributed by atoms with Crippen molar-refractivity contribution in [3.8, 4) is 0 Å². The Hall–Kier alpha value is -2.27. The lowest BCUT2D eigenvalue weighted by Crippen LogP contribution is -2.38. The number of amides is 1. The molecule has 2 aromatic rings. The summed E-state index contributed by atoms with van der Waals surface area (Å²) in [4.78, 5) is 24.0. The zero-order chi connectivity index (χ0) is 17.9. The summed E-state index contributed by atoms with van der Waals surface area (Å²) < 4.78 is 0. The SMILES string of the molecule is Cc1cccc(CC(=O)N2CCc3nc(C4CCCCN4)ncc3C2)c1. The smallest absolute Gasteiger partial charge is 0.227 e. The highest BCUT2D eigenvalue weighted by Gasteiger charge is 2.24. The van der Waals surface area contributed by atoms with Gasteiger partial charge in [0.1, 0.15) is 5.82 Å². The lowest BCUT2D eigenvalue weighted by molar-refractivity contribution is -0.131. The molecular weight excluding hydrogens is 324 g/mol. The molecule has 1 aromatic heterocycles. The average molecular weight is 350 g/mol. The molecule has 2 aliphatic rings. The maximum Gasteiger partial charge on any atom is 0.227 e. The summed E-state index contributed by atoms with van der Waals surface area (Å²) in [7, 11) is 0. The van der Waals surface area contributed by atoms with Crippen LogP contribution in [0.2, 0.25) is 0 Å².